The predicted molar refractivity (Wildman–Crippen MR) is 61.2 cm³/mol. The molecule has 4 heteroatoms. The molecule has 1 atom stereocenters. The van der Waals surface area contributed by atoms with Gasteiger partial charge in [-0.3, -0.25) is 0 Å². The molecule has 0 aromatic heterocycles. The third-order valence-electron chi connectivity index (χ3n) is 2.09. The largest absolute Gasteiger partial charge is 0.454 e. The van der Waals surface area contributed by atoms with Gasteiger partial charge in [0.2, 0.25) is 6.79 Å². The molecule has 1 unspecified atom stereocenters. The van der Waals surface area contributed by atoms with Crippen molar-refractivity contribution in [1.29, 1.82) is 0 Å². The van der Waals surface area contributed by atoms with Gasteiger partial charge < -0.3 is 14.6 Å². The minimum Gasteiger partial charge on any atom is -0.454 e. The number of alkyl halides is 1. The van der Waals surface area contributed by atoms with E-state index < -0.39 is 0 Å². The van der Waals surface area contributed by atoms with Crippen LogP contribution in [0, 0.1) is 0 Å². The first-order chi connectivity index (χ1) is 6.79. The Labute approximate surface area is 96.2 Å². The van der Waals surface area contributed by atoms with E-state index in [9.17, 15) is 5.11 Å². The normalized spacial score (nSPS) is 15.6. The predicted octanol–water partition coefficient (Wildman–Crippen LogP) is 1.75. The van der Waals surface area contributed by atoms with Gasteiger partial charge >= 0.3 is 0 Å². The van der Waals surface area contributed by atoms with E-state index in [1.807, 2.05) is 18.2 Å². The first kappa shape index (κ1) is 10.0. The Morgan fingerprint density at radius 3 is 2.93 bits per heavy atom. The molecule has 14 heavy (non-hydrogen) atoms. The Balaban J connectivity index is 2.12. The third kappa shape index (κ3) is 2.12. The van der Waals surface area contributed by atoms with Gasteiger partial charge in [0, 0.05) is 4.43 Å². The van der Waals surface area contributed by atoms with E-state index in [2.05, 4.69) is 22.6 Å². The lowest BCUT2D eigenvalue weighted by Crippen LogP contribution is -2.11. The summed E-state index contributed by atoms with van der Waals surface area (Å²) in [5.74, 6) is 1.57. The third-order valence-corrected chi connectivity index (χ3v) is 3.10. The summed E-state index contributed by atoms with van der Waals surface area (Å²) in [6, 6.07) is 5.78. The summed E-state index contributed by atoms with van der Waals surface area (Å²) in [5.41, 5.74) is 1.08. The Hall–Kier alpha value is -0.490. The highest BCUT2D eigenvalue weighted by molar-refractivity contribution is 14.1. The van der Waals surface area contributed by atoms with Gasteiger partial charge in [0.25, 0.3) is 0 Å². The topological polar surface area (TPSA) is 38.7 Å². The van der Waals surface area contributed by atoms with Crippen LogP contribution in [0.2, 0.25) is 0 Å². The lowest BCUT2D eigenvalue weighted by atomic mass is 10.1. The van der Waals surface area contributed by atoms with Crippen molar-refractivity contribution in [3.63, 3.8) is 0 Å². The van der Waals surface area contributed by atoms with Crippen LogP contribution in [0.4, 0.5) is 0 Å². The number of halogens is 1. The molecule has 1 N–H and O–H groups in total. The maximum atomic E-state index is 9.48. The average Bonchev–Trinajstić information content (AvgIpc) is 2.64. The highest BCUT2D eigenvalue weighted by atomic mass is 127. The summed E-state index contributed by atoms with van der Waals surface area (Å²) in [5, 5.41) is 9.48. The minimum atomic E-state index is -0.282. The maximum Gasteiger partial charge on any atom is 0.231 e. The molecule has 76 valence electrons. The van der Waals surface area contributed by atoms with E-state index in [1.54, 1.807) is 0 Å². The molecule has 1 aliphatic heterocycles. The molecule has 0 radical (unpaired) electrons. The summed E-state index contributed by atoms with van der Waals surface area (Å²) >= 11 is 2.17. The van der Waals surface area contributed by atoms with Crippen molar-refractivity contribution in [3.8, 4) is 11.5 Å². The van der Waals surface area contributed by atoms with E-state index in [0.717, 1.165) is 21.5 Å². The molecule has 0 fully saturated rings. The molecular weight excluding hydrogens is 295 g/mol. The van der Waals surface area contributed by atoms with Crippen LogP contribution in [0.1, 0.15) is 5.56 Å². The summed E-state index contributed by atoms with van der Waals surface area (Å²) in [7, 11) is 0. The van der Waals surface area contributed by atoms with Crippen LogP contribution in [-0.2, 0) is 6.42 Å². The lowest BCUT2D eigenvalue weighted by Gasteiger charge is -2.07. The SMILES string of the molecule is OC(CI)Cc1ccc2c(c1)OCO2. The second-order valence-electron chi connectivity index (χ2n) is 3.20. The fourth-order valence-corrected chi connectivity index (χ4v) is 1.71. The van der Waals surface area contributed by atoms with E-state index in [0.29, 0.717) is 13.2 Å². The molecule has 0 aliphatic carbocycles. The first-order valence-corrected chi connectivity index (χ1v) is 5.94. The number of rotatable bonds is 3. The van der Waals surface area contributed by atoms with Gasteiger partial charge in [0.1, 0.15) is 0 Å². The fraction of sp³-hybridized carbons (Fsp3) is 0.400. The Morgan fingerprint density at radius 2 is 2.14 bits per heavy atom. The number of hydrogen-bond donors (Lipinski definition) is 1. The average molecular weight is 306 g/mol. The van der Waals surface area contributed by atoms with Gasteiger partial charge in [-0.1, -0.05) is 28.7 Å². The van der Waals surface area contributed by atoms with Crippen LogP contribution >= 0.6 is 22.6 Å². The van der Waals surface area contributed by atoms with Gasteiger partial charge in [-0.15, -0.1) is 0 Å². The summed E-state index contributed by atoms with van der Waals surface area (Å²) in [4.78, 5) is 0. The monoisotopic (exact) mass is 306 g/mol. The molecule has 0 amide bonds. The zero-order chi connectivity index (χ0) is 9.97. The molecule has 1 aromatic rings. The molecule has 1 aromatic carbocycles. The highest BCUT2D eigenvalue weighted by Crippen LogP contribution is 2.32. The summed E-state index contributed by atoms with van der Waals surface area (Å²) in [6.07, 6.45) is 0.385. The quantitative estimate of drug-likeness (QED) is 0.683. The van der Waals surface area contributed by atoms with Crippen molar-refractivity contribution in [2.75, 3.05) is 11.2 Å². The number of fused-ring (bicyclic) bond motifs is 1. The highest BCUT2D eigenvalue weighted by Gasteiger charge is 2.14. The number of benzene rings is 1. The molecule has 1 heterocycles. The molecule has 0 saturated heterocycles. The van der Waals surface area contributed by atoms with Crippen molar-refractivity contribution in [2.45, 2.75) is 12.5 Å². The zero-order valence-corrected chi connectivity index (χ0v) is 9.73. The number of aliphatic hydroxyl groups excluding tert-OH is 1. The zero-order valence-electron chi connectivity index (χ0n) is 7.57. The van der Waals surface area contributed by atoms with Gasteiger partial charge in [0.15, 0.2) is 11.5 Å². The van der Waals surface area contributed by atoms with Crippen molar-refractivity contribution in [2.24, 2.45) is 0 Å². The first-order valence-electron chi connectivity index (χ1n) is 4.42. The number of hydrogen-bond acceptors (Lipinski definition) is 3. The van der Waals surface area contributed by atoms with Crippen LogP contribution in [0.25, 0.3) is 0 Å². The summed E-state index contributed by atoms with van der Waals surface area (Å²) in [6.45, 7) is 0.299. The lowest BCUT2D eigenvalue weighted by molar-refractivity contribution is 0.174. The molecule has 2 rings (SSSR count). The van der Waals surface area contributed by atoms with Crippen LogP contribution in [0.3, 0.4) is 0 Å². The molecule has 0 spiro atoms. The summed E-state index contributed by atoms with van der Waals surface area (Å²) < 4.78 is 11.2. The van der Waals surface area contributed by atoms with Gasteiger partial charge in [-0.2, -0.15) is 0 Å². The second-order valence-corrected chi connectivity index (χ2v) is 4.08. The van der Waals surface area contributed by atoms with Crippen molar-refractivity contribution < 1.29 is 14.6 Å². The minimum absolute atomic E-state index is 0.282. The molecular formula is C10H11IO3. The van der Waals surface area contributed by atoms with Gasteiger partial charge in [-0.25, -0.2) is 0 Å². The van der Waals surface area contributed by atoms with E-state index in [-0.39, 0.29) is 6.10 Å². The molecule has 0 bridgehead atoms. The van der Waals surface area contributed by atoms with E-state index in [1.165, 1.54) is 0 Å². The molecule has 1 aliphatic rings. The van der Waals surface area contributed by atoms with Crippen molar-refractivity contribution in [1.82, 2.24) is 0 Å². The van der Waals surface area contributed by atoms with E-state index >= 15 is 0 Å². The molecule has 0 saturated carbocycles. The maximum absolute atomic E-state index is 9.48. The Bertz CT molecular complexity index is 327. The second kappa shape index (κ2) is 4.35. The Morgan fingerprint density at radius 1 is 1.36 bits per heavy atom. The fourth-order valence-electron chi connectivity index (χ4n) is 1.39. The van der Waals surface area contributed by atoms with Crippen LogP contribution in [-0.4, -0.2) is 22.4 Å². The smallest absolute Gasteiger partial charge is 0.231 e. The van der Waals surface area contributed by atoms with E-state index in [4.69, 9.17) is 9.47 Å². The van der Waals surface area contributed by atoms with Crippen LogP contribution < -0.4 is 9.47 Å². The Kier molecular flexibility index (Phi) is 3.12. The standard InChI is InChI=1S/C10H11IO3/c11-5-8(12)3-7-1-2-9-10(4-7)14-6-13-9/h1-2,4,8,12H,3,5-6H2. The van der Waals surface area contributed by atoms with Crippen LogP contribution in [0.5, 0.6) is 11.5 Å². The number of ether oxygens (including phenoxy) is 2. The van der Waals surface area contributed by atoms with Crippen molar-refractivity contribution >= 4 is 22.6 Å². The van der Waals surface area contributed by atoms with Gasteiger partial charge in [0.05, 0.1) is 6.10 Å². The van der Waals surface area contributed by atoms with Gasteiger partial charge in [-0.05, 0) is 24.1 Å². The molecule has 3 nitrogen and oxygen atoms in total. The van der Waals surface area contributed by atoms with Crippen molar-refractivity contribution in [3.05, 3.63) is 23.8 Å². The van der Waals surface area contributed by atoms with Crippen LogP contribution in [0.15, 0.2) is 18.2 Å². The number of aliphatic hydroxyl groups is 1.